The summed E-state index contributed by atoms with van der Waals surface area (Å²) in [6.45, 7) is 0. The van der Waals surface area contributed by atoms with Gasteiger partial charge in [-0.05, 0) is 11.4 Å². The van der Waals surface area contributed by atoms with Gasteiger partial charge in [-0.25, -0.2) is 15.0 Å². The van der Waals surface area contributed by atoms with Crippen LogP contribution in [0.25, 0.3) is 11.2 Å². The number of halogens is 1. The van der Waals surface area contributed by atoms with Crippen molar-refractivity contribution in [2.75, 3.05) is 0 Å². The molecule has 0 aliphatic carbocycles. The first kappa shape index (κ1) is 11.0. The Bertz CT molecular complexity index is 648. The molecule has 3 heterocycles. The minimum absolute atomic E-state index is 0.694. The van der Waals surface area contributed by atoms with Crippen LogP contribution in [-0.2, 0) is 5.75 Å². The summed E-state index contributed by atoms with van der Waals surface area (Å²) in [7, 11) is 0. The van der Waals surface area contributed by atoms with E-state index < -0.39 is 0 Å². The predicted molar refractivity (Wildman–Crippen MR) is 70.6 cm³/mol. The predicted octanol–water partition coefficient (Wildman–Crippen LogP) is 3.36. The second-order valence-electron chi connectivity index (χ2n) is 3.26. The van der Waals surface area contributed by atoms with E-state index in [4.69, 9.17) is 11.6 Å². The minimum Gasteiger partial charge on any atom is -0.341 e. The molecule has 0 bridgehead atoms. The molecule has 0 atom stereocenters. The van der Waals surface area contributed by atoms with Crippen molar-refractivity contribution in [3.8, 4) is 0 Å². The quantitative estimate of drug-likeness (QED) is 0.591. The number of thioether (sulfide) groups is 1. The Balaban J connectivity index is 1.86. The van der Waals surface area contributed by atoms with Crippen molar-refractivity contribution in [3.63, 3.8) is 0 Å². The summed E-state index contributed by atoms with van der Waals surface area (Å²) in [5.41, 5.74) is 1.57. The zero-order valence-corrected chi connectivity index (χ0v) is 10.9. The lowest BCUT2D eigenvalue weighted by Crippen LogP contribution is -1.86. The van der Waals surface area contributed by atoms with Crippen molar-refractivity contribution in [3.05, 3.63) is 34.0 Å². The van der Waals surface area contributed by atoms with E-state index in [0.29, 0.717) is 5.65 Å². The van der Waals surface area contributed by atoms with Gasteiger partial charge in [-0.1, -0.05) is 23.4 Å². The lowest BCUT2D eigenvalue weighted by molar-refractivity contribution is 1.08. The van der Waals surface area contributed by atoms with E-state index in [0.717, 1.165) is 26.2 Å². The highest BCUT2D eigenvalue weighted by atomic mass is 35.5. The molecule has 4 nitrogen and oxygen atoms in total. The number of aromatic nitrogens is 4. The van der Waals surface area contributed by atoms with Crippen molar-refractivity contribution in [1.82, 2.24) is 19.9 Å². The average Bonchev–Trinajstić information content (AvgIpc) is 2.95. The van der Waals surface area contributed by atoms with Crippen LogP contribution in [0.3, 0.4) is 0 Å². The first-order chi connectivity index (χ1) is 8.34. The third-order valence-corrected chi connectivity index (χ3v) is 4.81. The molecule has 0 radical (unpaired) electrons. The molecular formula is C10H7ClN4S2. The molecule has 1 N–H and O–H groups in total. The summed E-state index contributed by atoms with van der Waals surface area (Å²) < 4.78 is 0. The molecule has 0 aliphatic rings. The molecule has 3 aromatic heterocycles. The fraction of sp³-hybridized carbons (Fsp3) is 0.100. The van der Waals surface area contributed by atoms with Crippen molar-refractivity contribution >= 4 is 45.9 Å². The van der Waals surface area contributed by atoms with Crippen molar-refractivity contribution in [2.45, 2.75) is 10.8 Å². The maximum Gasteiger partial charge on any atom is 0.181 e. The molecule has 3 rings (SSSR count). The van der Waals surface area contributed by atoms with Gasteiger partial charge in [0.15, 0.2) is 5.65 Å². The number of fused-ring (bicyclic) bond motifs is 1. The monoisotopic (exact) mass is 282 g/mol. The summed E-state index contributed by atoms with van der Waals surface area (Å²) in [4.78, 5) is 16.6. The second kappa shape index (κ2) is 4.64. The van der Waals surface area contributed by atoms with E-state index >= 15 is 0 Å². The Labute approximate surface area is 110 Å². The van der Waals surface area contributed by atoms with Crippen LogP contribution in [0.15, 0.2) is 29.1 Å². The van der Waals surface area contributed by atoms with Crippen LogP contribution in [0.2, 0.25) is 5.02 Å². The molecule has 86 valence electrons. The molecule has 0 aromatic carbocycles. The molecule has 0 amide bonds. The van der Waals surface area contributed by atoms with Gasteiger partial charge in [0.2, 0.25) is 0 Å². The fourth-order valence-electron chi connectivity index (χ4n) is 1.41. The van der Waals surface area contributed by atoms with Crippen LogP contribution in [0, 0.1) is 0 Å². The van der Waals surface area contributed by atoms with Crippen LogP contribution in [0.1, 0.15) is 4.88 Å². The van der Waals surface area contributed by atoms with E-state index in [1.807, 2.05) is 11.4 Å². The van der Waals surface area contributed by atoms with E-state index in [1.165, 1.54) is 6.33 Å². The molecule has 0 saturated heterocycles. The smallest absolute Gasteiger partial charge is 0.181 e. The normalized spacial score (nSPS) is 11.1. The van der Waals surface area contributed by atoms with E-state index in [-0.39, 0.29) is 0 Å². The van der Waals surface area contributed by atoms with Gasteiger partial charge in [0.25, 0.3) is 0 Å². The van der Waals surface area contributed by atoms with Crippen LogP contribution in [0.5, 0.6) is 0 Å². The van der Waals surface area contributed by atoms with E-state index in [1.54, 1.807) is 29.4 Å². The highest BCUT2D eigenvalue weighted by molar-refractivity contribution is 7.98. The number of rotatable bonds is 3. The van der Waals surface area contributed by atoms with Gasteiger partial charge in [-0.15, -0.1) is 11.3 Å². The Hall–Kier alpha value is -1.11. The van der Waals surface area contributed by atoms with Gasteiger partial charge in [0.1, 0.15) is 16.9 Å². The summed E-state index contributed by atoms with van der Waals surface area (Å²) in [6, 6.07) is 1.91. The number of thiophene rings is 1. The van der Waals surface area contributed by atoms with Crippen LogP contribution < -0.4 is 0 Å². The van der Waals surface area contributed by atoms with Crippen LogP contribution >= 0.6 is 34.7 Å². The first-order valence-corrected chi connectivity index (χ1v) is 7.07. The van der Waals surface area contributed by atoms with Gasteiger partial charge in [-0.2, -0.15) is 0 Å². The van der Waals surface area contributed by atoms with Gasteiger partial charge >= 0.3 is 0 Å². The number of nitrogens with one attached hydrogen (secondary N) is 1. The first-order valence-electron chi connectivity index (χ1n) is 4.83. The fourth-order valence-corrected chi connectivity index (χ4v) is 3.67. The van der Waals surface area contributed by atoms with Gasteiger partial charge in [-0.3, -0.25) is 0 Å². The number of H-pyrrole nitrogens is 1. The number of hydrogen-bond donors (Lipinski definition) is 1. The molecule has 0 fully saturated rings. The van der Waals surface area contributed by atoms with Crippen molar-refractivity contribution < 1.29 is 0 Å². The summed E-state index contributed by atoms with van der Waals surface area (Å²) in [5.74, 6) is 0.807. The molecule has 0 unspecified atom stereocenters. The van der Waals surface area contributed by atoms with Gasteiger partial charge < -0.3 is 4.98 Å². The zero-order valence-electron chi connectivity index (χ0n) is 8.55. The van der Waals surface area contributed by atoms with Gasteiger partial charge in [0, 0.05) is 10.6 Å². The van der Waals surface area contributed by atoms with Crippen LogP contribution in [0.4, 0.5) is 0 Å². The van der Waals surface area contributed by atoms with Crippen molar-refractivity contribution in [1.29, 1.82) is 0 Å². The number of nitrogens with zero attached hydrogens (tertiary/aromatic N) is 3. The maximum atomic E-state index is 6.05. The summed E-state index contributed by atoms with van der Waals surface area (Å²) >= 11 is 9.33. The Morgan fingerprint density at radius 2 is 2.29 bits per heavy atom. The molecule has 0 aliphatic heterocycles. The number of hydrogen-bond acceptors (Lipinski definition) is 5. The molecule has 7 heteroatoms. The Morgan fingerprint density at radius 3 is 3.12 bits per heavy atom. The standard InChI is InChI=1S/C10H7ClN4S2/c11-6-1-2-16-7(6)3-17-10-8-9(13-4-12-8)14-5-15-10/h1-2,4-5H,3H2,(H,12,13,14,15). The Kier molecular flexibility index (Phi) is 3.00. The molecule has 3 aromatic rings. The van der Waals surface area contributed by atoms with Crippen LogP contribution in [-0.4, -0.2) is 19.9 Å². The van der Waals surface area contributed by atoms with E-state index in [2.05, 4.69) is 19.9 Å². The zero-order chi connectivity index (χ0) is 11.7. The molecule has 0 spiro atoms. The second-order valence-corrected chi connectivity index (χ2v) is 5.63. The maximum absolute atomic E-state index is 6.05. The summed E-state index contributed by atoms with van der Waals surface area (Å²) in [5, 5.41) is 3.71. The van der Waals surface area contributed by atoms with Gasteiger partial charge in [0.05, 0.1) is 11.3 Å². The summed E-state index contributed by atoms with van der Waals surface area (Å²) in [6.07, 6.45) is 3.16. The third-order valence-electron chi connectivity index (χ3n) is 2.22. The highest BCUT2D eigenvalue weighted by Crippen LogP contribution is 2.31. The largest absolute Gasteiger partial charge is 0.341 e. The molecule has 0 saturated carbocycles. The van der Waals surface area contributed by atoms with E-state index in [9.17, 15) is 0 Å². The topological polar surface area (TPSA) is 54.5 Å². The number of imidazole rings is 1. The number of aromatic amines is 1. The lowest BCUT2D eigenvalue weighted by atomic mass is 10.5. The Morgan fingerprint density at radius 1 is 1.35 bits per heavy atom. The van der Waals surface area contributed by atoms with Crippen molar-refractivity contribution in [2.24, 2.45) is 0 Å². The lowest BCUT2D eigenvalue weighted by Gasteiger charge is -2.00. The SMILES string of the molecule is Clc1ccsc1CSc1ncnc2nc[nH]c12. The third kappa shape index (κ3) is 2.15. The minimum atomic E-state index is 0.694. The molecule has 17 heavy (non-hydrogen) atoms. The highest BCUT2D eigenvalue weighted by Gasteiger charge is 2.08. The average molecular weight is 283 g/mol. The molecular weight excluding hydrogens is 276 g/mol.